The first-order chi connectivity index (χ1) is 7.22. The zero-order valence-corrected chi connectivity index (χ0v) is 9.90. The van der Waals surface area contributed by atoms with Crippen LogP contribution in [0.1, 0.15) is 17.9 Å². The fourth-order valence-electron chi connectivity index (χ4n) is 1.96. The molecule has 3 N–H and O–H groups in total. The molecule has 2 atom stereocenters. The smallest absolute Gasteiger partial charge is 0.123 e. The lowest BCUT2D eigenvalue weighted by molar-refractivity contribution is 0.209. The van der Waals surface area contributed by atoms with Gasteiger partial charge in [0.25, 0.3) is 0 Å². The lowest BCUT2D eigenvalue weighted by Gasteiger charge is -2.29. The van der Waals surface area contributed by atoms with Crippen LogP contribution in [-0.4, -0.2) is 24.4 Å². The molecule has 0 fully saturated rings. The first-order valence-corrected chi connectivity index (χ1v) is 5.80. The minimum atomic E-state index is -0.200. The number of aliphatic hydroxyl groups excluding tert-OH is 1. The van der Waals surface area contributed by atoms with Gasteiger partial charge in [0.15, 0.2) is 0 Å². The summed E-state index contributed by atoms with van der Waals surface area (Å²) >= 11 is 3.40. The molecule has 1 aromatic rings. The molecular formula is C11H14BrNO2. The molecule has 1 aromatic carbocycles. The molecule has 0 saturated heterocycles. The number of rotatable bonds is 2. The maximum absolute atomic E-state index is 9.09. The van der Waals surface area contributed by atoms with Gasteiger partial charge in [-0.2, -0.15) is 0 Å². The van der Waals surface area contributed by atoms with Gasteiger partial charge in [-0.25, -0.2) is 0 Å². The van der Waals surface area contributed by atoms with Crippen LogP contribution >= 0.6 is 15.9 Å². The molecule has 2 unspecified atom stereocenters. The number of fused-ring (bicyclic) bond motifs is 1. The average molecular weight is 272 g/mol. The van der Waals surface area contributed by atoms with E-state index in [9.17, 15) is 0 Å². The third-order valence-electron chi connectivity index (χ3n) is 2.79. The van der Waals surface area contributed by atoms with Crippen LogP contribution in [0.5, 0.6) is 5.75 Å². The maximum Gasteiger partial charge on any atom is 0.123 e. The summed E-state index contributed by atoms with van der Waals surface area (Å²) < 4.78 is 6.56. The summed E-state index contributed by atoms with van der Waals surface area (Å²) in [6.45, 7) is 0.683. The van der Waals surface area contributed by atoms with Gasteiger partial charge in [0.2, 0.25) is 0 Å². The monoisotopic (exact) mass is 271 g/mol. The van der Waals surface area contributed by atoms with Crippen LogP contribution in [0.3, 0.4) is 0 Å². The first kappa shape index (κ1) is 10.9. The van der Waals surface area contributed by atoms with E-state index in [-0.39, 0.29) is 18.6 Å². The zero-order chi connectivity index (χ0) is 10.8. The van der Waals surface area contributed by atoms with E-state index in [1.54, 1.807) is 0 Å². The van der Waals surface area contributed by atoms with Crippen molar-refractivity contribution in [2.75, 3.05) is 13.2 Å². The van der Waals surface area contributed by atoms with Crippen LogP contribution in [0.15, 0.2) is 22.7 Å². The van der Waals surface area contributed by atoms with Crippen molar-refractivity contribution < 1.29 is 9.84 Å². The van der Waals surface area contributed by atoms with Gasteiger partial charge in [-0.1, -0.05) is 22.0 Å². The Morgan fingerprint density at radius 3 is 3.13 bits per heavy atom. The van der Waals surface area contributed by atoms with Crippen LogP contribution in [0.25, 0.3) is 0 Å². The predicted molar refractivity (Wildman–Crippen MR) is 62.1 cm³/mol. The molecule has 82 valence electrons. The predicted octanol–water partition coefficient (Wildman–Crippen LogP) is 1.63. The van der Waals surface area contributed by atoms with Gasteiger partial charge in [-0.3, -0.25) is 0 Å². The molecule has 3 nitrogen and oxygen atoms in total. The normalized spacial score (nSPS) is 21.7. The van der Waals surface area contributed by atoms with E-state index in [2.05, 4.69) is 15.9 Å². The van der Waals surface area contributed by atoms with Gasteiger partial charge in [0.1, 0.15) is 5.75 Å². The second-order valence-corrected chi connectivity index (χ2v) is 4.69. The number of hydrogen-bond acceptors (Lipinski definition) is 3. The number of hydrogen-bond donors (Lipinski definition) is 2. The molecule has 0 aromatic heterocycles. The highest BCUT2D eigenvalue weighted by molar-refractivity contribution is 9.10. The lowest BCUT2D eigenvalue weighted by atomic mass is 9.87. The molecule has 0 spiro atoms. The Labute approximate surface area is 97.4 Å². The van der Waals surface area contributed by atoms with Gasteiger partial charge in [0.05, 0.1) is 13.2 Å². The highest BCUT2D eigenvalue weighted by Crippen LogP contribution is 2.36. The summed E-state index contributed by atoms with van der Waals surface area (Å²) in [4.78, 5) is 0. The average Bonchev–Trinajstić information content (AvgIpc) is 2.26. The van der Waals surface area contributed by atoms with E-state index in [1.807, 2.05) is 18.2 Å². The Balaban J connectivity index is 2.34. The van der Waals surface area contributed by atoms with E-state index in [0.717, 1.165) is 22.2 Å². The van der Waals surface area contributed by atoms with E-state index in [1.165, 1.54) is 0 Å². The highest BCUT2D eigenvalue weighted by atomic mass is 79.9. The summed E-state index contributed by atoms with van der Waals surface area (Å²) in [6.07, 6.45) is 0.871. The molecule has 0 bridgehead atoms. The van der Waals surface area contributed by atoms with E-state index >= 15 is 0 Å². The van der Waals surface area contributed by atoms with Gasteiger partial charge >= 0.3 is 0 Å². The summed E-state index contributed by atoms with van der Waals surface area (Å²) in [5, 5.41) is 9.09. The third kappa shape index (κ3) is 2.17. The van der Waals surface area contributed by atoms with Crippen LogP contribution in [0, 0.1) is 0 Å². The van der Waals surface area contributed by atoms with Crippen molar-refractivity contribution in [2.45, 2.75) is 18.4 Å². The molecule has 4 heteroatoms. The minimum Gasteiger partial charge on any atom is -0.493 e. The number of halogens is 1. The molecule has 1 aliphatic rings. The molecule has 0 aliphatic carbocycles. The highest BCUT2D eigenvalue weighted by Gasteiger charge is 2.26. The van der Waals surface area contributed by atoms with Crippen LogP contribution in [-0.2, 0) is 0 Å². The third-order valence-corrected chi connectivity index (χ3v) is 3.28. The van der Waals surface area contributed by atoms with Gasteiger partial charge in [-0.05, 0) is 24.1 Å². The van der Waals surface area contributed by atoms with Gasteiger partial charge in [-0.15, -0.1) is 0 Å². The zero-order valence-electron chi connectivity index (χ0n) is 8.32. The summed E-state index contributed by atoms with van der Waals surface area (Å²) in [5.41, 5.74) is 6.99. The maximum atomic E-state index is 9.09. The van der Waals surface area contributed by atoms with Crippen molar-refractivity contribution in [3.05, 3.63) is 28.2 Å². The van der Waals surface area contributed by atoms with Crippen molar-refractivity contribution in [3.63, 3.8) is 0 Å². The second kappa shape index (κ2) is 4.51. The van der Waals surface area contributed by atoms with Crippen LogP contribution in [0.4, 0.5) is 0 Å². The van der Waals surface area contributed by atoms with Crippen molar-refractivity contribution >= 4 is 15.9 Å². The van der Waals surface area contributed by atoms with E-state index in [0.29, 0.717) is 6.61 Å². The molecular weight excluding hydrogens is 258 g/mol. The second-order valence-electron chi connectivity index (χ2n) is 3.77. The van der Waals surface area contributed by atoms with Crippen molar-refractivity contribution in [2.24, 2.45) is 5.73 Å². The standard InChI is InChI=1S/C11H14BrNO2/c12-7-1-2-9-8(10(13)6-14)3-4-15-11(9)5-7/h1-2,5,8,10,14H,3-4,6,13H2. The van der Waals surface area contributed by atoms with Crippen molar-refractivity contribution in [1.82, 2.24) is 0 Å². The molecule has 1 aliphatic heterocycles. The largest absolute Gasteiger partial charge is 0.493 e. The summed E-state index contributed by atoms with van der Waals surface area (Å²) in [5.74, 6) is 1.08. The summed E-state index contributed by atoms with van der Waals surface area (Å²) in [7, 11) is 0. The molecule has 0 radical (unpaired) electrons. The van der Waals surface area contributed by atoms with E-state index < -0.39 is 0 Å². The number of aliphatic hydroxyl groups is 1. The molecule has 0 amide bonds. The van der Waals surface area contributed by atoms with E-state index in [4.69, 9.17) is 15.6 Å². The quantitative estimate of drug-likeness (QED) is 0.860. The Hall–Kier alpha value is -0.580. The van der Waals surface area contributed by atoms with Crippen molar-refractivity contribution in [3.8, 4) is 5.75 Å². The van der Waals surface area contributed by atoms with Gasteiger partial charge < -0.3 is 15.6 Å². The molecule has 1 heterocycles. The Morgan fingerprint density at radius 2 is 2.40 bits per heavy atom. The Morgan fingerprint density at radius 1 is 1.60 bits per heavy atom. The molecule has 15 heavy (non-hydrogen) atoms. The fourth-order valence-corrected chi connectivity index (χ4v) is 2.30. The van der Waals surface area contributed by atoms with Crippen LogP contribution in [0.2, 0.25) is 0 Å². The Kier molecular flexibility index (Phi) is 3.29. The number of ether oxygens (including phenoxy) is 1. The lowest BCUT2D eigenvalue weighted by Crippen LogP contribution is -2.35. The fraction of sp³-hybridized carbons (Fsp3) is 0.455. The van der Waals surface area contributed by atoms with Crippen molar-refractivity contribution in [1.29, 1.82) is 0 Å². The number of benzene rings is 1. The van der Waals surface area contributed by atoms with Crippen LogP contribution < -0.4 is 10.5 Å². The minimum absolute atomic E-state index is 0.0141. The topological polar surface area (TPSA) is 55.5 Å². The molecule has 0 saturated carbocycles. The SMILES string of the molecule is NC(CO)C1CCOc2cc(Br)ccc21. The Bertz CT molecular complexity index is 356. The number of nitrogens with two attached hydrogens (primary N) is 1. The first-order valence-electron chi connectivity index (χ1n) is 5.01. The summed E-state index contributed by atoms with van der Waals surface area (Å²) in [6, 6.07) is 5.74. The molecule has 2 rings (SSSR count). The van der Waals surface area contributed by atoms with Gasteiger partial charge in [0, 0.05) is 16.4 Å².